The Morgan fingerprint density at radius 3 is 2.52 bits per heavy atom. The molecule has 0 amide bonds. The van der Waals surface area contributed by atoms with Crippen molar-refractivity contribution in [2.75, 3.05) is 6.61 Å². The molecule has 7 heteroatoms. The first-order chi connectivity index (χ1) is 9.69. The summed E-state index contributed by atoms with van der Waals surface area (Å²) in [5.74, 6) is 0.528. The summed E-state index contributed by atoms with van der Waals surface area (Å²) in [6, 6.07) is 4.54. The molecule has 0 radical (unpaired) electrons. The van der Waals surface area contributed by atoms with Crippen LogP contribution in [-0.4, -0.2) is 33.1 Å². The highest BCUT2D eigenvalue weighted by atomic mass is 32.2. The van der Waals surface area contributed by atoms with Gasteiger partial charge in [-0.05, 0) is 50.9 Å². The van der Waals surface area contributed by atoms with Gasteiger partial charge in [-0.25, -0.2) is 13.1 Å². The summed E-state index contributed by atoms with van der Waals surface area (Å²) in [4.78, 5) is 0.129. The molecule has 0 aliphatic heterocycles. The zero-order chi connectivity index (χ0) is 16.1. The lowest BCUT2D eigenvalue weighted by Crippen LogP contribution is -2.40. The van der Waals surface area contributed by atoms with E-state index in [-0.39, 0.29) is 12.4 Å². The molecule has 1 aromatic rings. The second kappa shape index (κ2) is 7.29. The molecular weight excluding hydrogens is 289 g/mol. The maximum Gasteiger partial charge on any atom is 0.308 e. The van der Waals surface area contributed by atoms with Crippen LogP contribution in [0.3, 0.4) is 0 Å². The third-order valence-corrected chi connectivity index (χ3v) is 4.46. The lowest BCUT2D eigenvalue weighted by Gasteiger charge is -2.21. The zero-order valence-electron chi connectivity index (χ0n) is 13.1. The predicted octanol–water partition coefficient (Wildman–Crippen LogP) is 0.911. The molecule has 0 aliphatic carbocycles. The summed E-state index contributed by atoms with van der Waals surface area (Å²) in [5, 5.41) is 9.40. The van der Waals surface area contributed by atoms with E-state index in [4.69, 9.17) is 4.74 Å². The minimum absolute atomic E-state index is 0.129. The maximum absolute atomic E-state index is 12.3. The molecule has 0 heterocycles. The Hall–Kier alpha value is -1.05. The van der Waals surface area contributed by atoms with Gasteiger partial charge < -0.3 is 9.76 Å². The van der Waals surface area contributed by atoms with Gasteiger partial charge >= 0.3 is 7.48 Å². The minimum atomic E-state index is -3.61. The van der Waals surface area contributed by atoms with E-state index < -0.39 is 15.6 Å². The third-order valence-electron chi connectivity index (χ3n) is 2.71. The predicted molar refractivity (Wildman–Crippen MR) is 85.9 cm³/mol. The summed E-state index contributed by atoms with van der Waals surface area (Å²) >= 11 is 0. The average Bonchev–Trinajstić information content (AvgIpc) is 2.36. The van der Waals surface area contributed by atoms with Crippen LogP contribution in [0.1, 0.15) is 40.5 Å². The molecule has 0 fully saturated rings. The third kappa shape index (κ3) is 5.69. The van der Waals surface area contributed by atoms with Crippen molar-refractivity contribution < 1.29 is 18.2 Å². The van der Waals surface area contributed by atoms with E-state index in [1.54, 1.807) is 26.8 Å². The van der Waals surface area contributed by atoms with Crippen LogP contribution in [0.4, 0.5) is 0 Å². The van der Waals surface area contributed by atoms with Crippen LogP contribution in [0.2, 0.25) is 0 Å². The van der Waals surface area contributed by atoms with E-state index in [1.165, 1.54) is 12.1 Å². The SMILES string of the molecule is CCCCOc1ccc(S(=O)(=O)NC(C)(C)C)cc1BO. The average molecular weight is 313 g/mol. The van der Waals surface area contributed by atoms with Gasteiger partial charge in [0.2, 0.25) is 10.0 Å². The van der Waals surface area contributed by atoms with Crippen LogP contribution in [-0.2, 0) is 10.0 Å². The number of ether oxygens (including phenoxy) is 1. The Labute approximate surface area is 128 Å². The van der Waals surface area contributed by atoms with Crippen LogP contribution in [0.15, 0.2) is 23.1 Å². The van der Waals surface area contributed by atoms with Crippen molar-refractivity contribution in [1.82, 2.24) is 4.72 Å². The number of benzene rings is 1. The second-order valence-corrected chi connectivity index (χ2v) is 7.67. The van der Waals surface area contributed by atoms with Gasteiger partial charge in [-0.3, -0.25) is 0 Å². The smallest absolute Gasteiger partial charge is 0.308 e. The minimum Gasteiger partial charge on any atom is -0.494 e. The number of unbranched alkanes of at least 4 members (excludes halogenated alkanes) is 1. The number of hydrogen-bond donors (Lipinski definition) is 2. The fraction of sp³-hybridized carbons (Fsp3) is 0.571. The normalized spacial score (nSPS) is 12.2. The summed E-state index contributed by atoms with van der Waals surface area (Å²) < 4.78 is 32.7. The summed E-state index contributed by atoms with van der Waals surface area (Å²) in [6.07, 6.45) is 1.92. The summed E-state index contributed by atoms with van der Waals surface area (Å²) in [7, 11) is -3.87. The number of hydrogen-bond acceptors (Lipinski definition) is 4. The Morgan fingerprint density at radius 2 is 2.00 bits per heavy atom. The highest BCUT2D eigenvalue weighted by Crippen LogP contribution is 2.16. The molecule has 0 aromatic heterocycles. The van der Waals surface area contributed by atoms with Gasteiger partial charge in [0, 0.05) is 5.54 Å². The Kier molecular flexibility index (Phi) is 6.25. The molecule has 0 aliphatic rings. The van der Waals surface area contributed by atoms with E-state index in [0.717, 1.165) is 12.8 Å². The standard InChI is InChI=1S/C14H24BNO4S/c1-5-6-9-20-13-8-7-11(10-12(13)15-17)21(18,19)16-14(2,3)4/h7-8,10,15-17H,5-6,9H2,1-4H3. The van der Waals surface area contributed by atoms with Gasteiger partial charge in [0.1, 0.15) is 5.75 Å². The number of rotatable bonds is 7. The molecule has 21 heavy (non-hydrogen) atoms. The van der Waals surface area contributed by atoms with Gasteiger partial charge in [-0.2, -0.15) is 0 Å². The van der Waals surface area contributed by atoms with Crippen molar-refractivity contribution >= 4 is 23.0 Å². The monoisotopic (exact) mass is 313 g/mol. The zero-order valence-corrected chi connectivity index (χ0v) is 14.0. The van der Waals surface area contributed by atoms with Gasteiger partial charge in [0.15, 0.2) is 0 Å². The quantitative estimate of drug-likeness (QED) is 0.579. The largest absolute Gasteiger partial charge is 0.494 e. The first-order valence-corrected chi connectivity index (χ1v) is 8.58. The number of sulfonamides is 1. The van der Waals surface area contributed by atoms with Gasteiger partial charge in [-0.15, -0.1) is 0 Å². The van der Waals surface area contributed by atoms with Crippen molar-refractivity contribution in [3.63, 3.8) is 0 Å². The lowest BCUT2D eigenvalue weighted by atomic mass is 9.88. The summed E-state index contributed by atoms with van der Waals surface area (Å²) in [5.41, 5.74) is -0.0861. The molecule has 1 aromatic carbocycles. The van der Waals surface area contributed by atoms with E-state index in [0.29, 0.717) is 17.8 Å². The van der Waals surface area contributed by atoms with Crippen molar-refractivity contribution in [1.29, 1.82) is 0 Å². The van der Waals surface area contributed by atoms with E-state index >= 15 is 0 Å². The highest BCUT2D eigenvalue weighted by molar-refractivity contribution is 7.89. The van der Waals surface area contributed by atoms with Crippen LogP contribution in [0, 0.1) is 0 Å². The first-order valence-electron chi connectivity index (χ1n) is 7.10. The first kappa shape index (κ1) is 18.0. The Balaban J connectivity index is 3.01. The van der Waals surface area contributed by atoms with Gasteiger partial charge in [0.25, 0.3) is 0 Å². The van der Waals surface area contributed by atoms with Crippen molar-refractivity contribution in [3.8, 4) is 5.75 Å². The Bertz CT molecular complexity index is 567. The van der Waals surface area contributed by atoms with Gasteiger partial charge in [-0.1, -0.05) is 13.3 Å². The summed E-state index contributed by atoms with van der Waals surface area (Å²) in [6.45, 7) is 7.94. The molecule has 0 bridgehead atoms. The van der Waals surface area contributed by atoms with E-state index in [1.807, 2.05) is 0 Å². The van der Waals surface area contributed by atoms with Gasteiger partial charge in [0.05, 0.1) is 11.5 Å². The van der Waals surface area contributed by atoms with Crippen LogP contribution >= 0.6 is 0 Å². The van der Waals surface area contributed by atoms with Crippen molar-refractivity contribution in [2.45, 2.75) is 51.0 Å². The maximum atomic E-state index is 12.3. The van der Waals surface area contributed by atoms with Crippen LogP contribution < -0.4 is 14.9 Å². The van der Waals surface area contributed by atoms with E-state index in [9.17, 15) is 13.4 Å². The lowest BCUT2D eigenvalue weighted by molar-refractivity contribution is 0.311. The molecule has 0 spiro atoms. The van der Waals surface area contributed by atoms with Crippen molar-refractivity contribution in [3.05, 3.63) is 18.2 Å². The molecule has 0 atom stereocenters. The van der Waals surface area contributed by atoms with Crippen LogP contribution in [0.5, 0.6) is 5.75 Å². The molecular formula is C14H24BNO4S. The van der Waals surface area contributed by atoms with E-state index in [2.05, 4.69) is 11.6 Å². The topological polar surface area (TPSA) is 75.6 Å². The molecule has 2 N–H and O–H groups in total. The highest BCUT2D eigenvalue weighted by Gasteiger charge is 2.23. The Morgan fingerprint density at radius 1 is 1.33 bits per heavy atom. The number of nitrogens with one attached hydrogen (secondary N) is 1. The second-order valence-electron chi connectivity index (χ2n) is 5.99. The molecule has 118 valence electrons. The molecule has 1 rings (SSSR count). The molecule has 0 saturated heterocycles. The van der Waals surface area contributed by atoms with Crippen molar-refractivity contribution in [2.24, 2.45) is 0 Å². The fourth-order valence-corrected chi connectivity index (χ4v) is 3.24. The van der Waals surface area contributed by atoms with Crippen LogP contribution in [0.25, 0.3) is 0 Å². The molecule has 5 nitrogen and oxygen atoms in total. The molecule has 0 unspecified atom stereocenters. The fourth-order valence-electron chi connectivity index (χ4n) is 1.78. The molecule has 0 saturated carbocycles.